The highest BCUT2D eigenvalue weighted by molar-refractivity contribution is 6.01. The number of carbonyl (C=O) groups excluding carboxylic acids is 2. The Balaban J connectivity index is 1.34. The lowest BCUT2D eigenvalue weighted by atomic mass is 9.77. The maximum atomic E-state index is 13.0. The van der Waals surface area contributed by atoms with Crippen LogP contribution in [0.1, 0.15) is 59.5 Å². The van der Waals surface area contributed by atoms with Crippen LogP contribution in [0, 0.1) is 5.82 Å². The number of anilines is 1. The molecule has 2 aliphatic carbocycles. The second-order valence-electron chi connectivity index (χ2n) is 8.15. The summed E-state index contributed by atoms with van der Waals surface area (Å²) in [5.74, 6) is -0.399. The third-order valence-corrected chi connectivity index (χ3v) is 6.26. The van der Waals surface area contributed by atoms with E-state index in [1.54, 1.807) is 4.90 Å². The monoisotopic (exact) mass is 380 g/mol. The Hall–Kier alpha value is -2.83. The van der Waals surface area contributed by atoms with E-state index >= 15 is 0 Å². The molecule has 144 valence electrons. The van der Waals surface area contributed by atoms with Gasteiger partial charge in [-0.05, 0) is 48.8 Å². The van der Waals surface area contributed by atoms with Gasteiger partial charge in [-0.2, -0.15) is 0 Å². The van der Waals surface area contributed by atoms with Crippen LogP contribution in [0.2, 0.25) is 0 Å². The van der Waals surface area contributed by atoms with E-state index in [1.165, 1.54) is 30.4 Å². The number of nitrogens with one attached hydrogen (secondary N) is 1. The molecule has 7 heteroatoms. The lowest BCUT2D eigenvalue weighted by molar-refractivity contribution is -0.117. The molecule has 0 atom stereocenters. The van der Waals surface area contributed by atoms with Crippen molar-refractivity contribution in [1.29, 1.82) is 0 Å². The molecule has 0 saturated heterocycles. The van der Waals surface area contributed by atoms with Gasteiger partial charge in [-0.25, -0.2) is 14.4 Å². The summed E-state index contributed by atoms with van der Waals surface area (Å²) in [6, 6.07) is 6.26. The van der Waals surface area contributed by atoms with Gasteiger partial charge in [0.2, 0.25) is 11.9 Å². The maximum absolute atomic E-state index is 13.0. The fraction of sp³-hybridized carbons (Fsp3) is 0.429. The second-order valence-corrected chi connectivity index (χ2v) is 8.15. The normalized spacial score (nSPS) is 19.9. The lowest BCUT2D eigenvalue weighted by Crippen LogP contribution is -2.47. The molecule has 5 rings (SSSR count). The van der Waals surface area contributed by atoms with Gasteiger partial charge in [0.15, 0.2) is 5.82 Å². The van der Waals surface area contributed by atoms with Crippen LogP contribution in [0.3, 0.4) is 0 Å². The zero-order valence-electron chi connectivity index (χ0n) is 15.4. The van der Waals surface area contributed by atoms with Crippen LogP contribution in [0.15, 0.2) is 30.6 Å². The van der Waals surface area contributed by atoms with Crippen molar-refractivity contribution in [2.45, 2.75) is 43.4 Å². The van der Waals surface area contributed by atoms with Gasteiger partial charge >= 0.3 is 0 Å². The third-order valence-electron chi connectivity index (χ3n) is 6.26. The SMILES string of the molecule is O=C(CN1CC2(CC2)c2cc(C3CCC3)ccc2C1=O)Nc1ncc(F)cn1. The van der Waals surface area contributed by atoms with E-state index in [-0.39, 0.29) is 29.7 Å². The molecule has 2 amide bonds. The molecule has 6 nitrogen and oxygen atoms in total. The molecule has 2 fully saturated rings. The molecule has 0 unspecified atom stereocenters. The van der Waals surface area contributed by atoms with E-state index in [0.29, 0.717) is 12.5 Å². The third kappa shape index (κ3) is 2.95. The summed E-state index contributed by atoms with van der Waals surface area (Å²) >= 11 is 0. The predicted octanol–water partition coefficient (Wildman–Crippen LogP) is 3.01. The molecule has 0 radical (unpaired) electrons. The first kappa shape index (κ1) is 17.3. The number of benzene rings is 1. The molecule has 1 aliphatic heterocycles. The van der Waals surface area contributed by atoms with Crippen molar-refractivity contribution in [1.82, 2.24) is 14.9 Å². The number of halogens is 1. The molecule has 2 heterocycles. The zero-order valence-corrected chi connectivity index (χ0v) is 15.4. The van der Waals surface area contributed by atoms with Gasteiger partial charge in [-0.15, -0.1) is 0 Å². The quantitative estimate of drug-likeness (QED) is 0.885. The van der Waals surface area contributed by atoms with Crippen LogP contribution < -0.4 is 5.32 Å². The Labute approximate surface area is 162 Å². The van der Waals surface area contributed by atoms with Crippen molar-refractivity contribution in [3.63, 3.8) is 0 Å². The van der Waals surface area contributed by atoms with Crippen LogP contribution in [-0.4, -0.2) is 39.8 Å². The number of aromatic nitrogens is 2. The first-order valence-corrected chi connectivity index (χ1v) is 9.75. The lowest BCUT2D eigenvalue weighted by Gasteiger charge is -2.35. The minimum atomic E-state index is -0.572. The van der Waals surface area contributed by atoms with Crippen LogP contribution in [0.4, 0.5) is 10.3 Å². The summed E-state index contributed by atoms with van der Waals surface area (Å²) in [5, 5.41) is 2.53. The molecule has 1 N–H and O–H groups in total. The highest BCUT2D eigenvalue weighted by Crippen LogP contribution is 2.53. The Bertz CT molecular complexity index is 951. The van der Waals surface area contributed by atoms with Crippen molar-refractivity contribution in [2.75, 3.05) is 18.4 Å². The summed E-state index contributed by atoms with van der Waals surface area (Å²) in [6.45, 7) is 0.496. The van der Waals surface area contributed by atoms with Crippen LogP contribution in [0.5, 0.6) is 0 Å². The van der Waals surface area contributed by atoms with Crippen molar-refractivity contribution in [3.8, 4) is 0 Å². The molecule has 2 aromatic rings. The molecule has 1 spiro atoms. The number of hydrogen-bond acceptors (Lipinski definition) is 4. The van der Waals surface area contributed by atoms with E-state index in [9.17, 15) is 14.0 Å². The molecule has 1 aromatic carbocycles. The number of hydrogen-bond donors (Lipinski definition) is 1. The summed E-state index contributed by atoms with van der Waals surface area (Å²) in [7, 11) is 0. The highest BCUT2D eigenvalue weighted by atomic mass is 19.1. The summed E-state index contributed by atoms with van der Waals surface area (Å²) < 4.78 is 12.9. The number of nitrogens with zero attached hydrogens (tertiary/aromatic N) is 3. The minimum Gasteiger partial charge on any atom is -0.328 e. The average molecular weight is 380 g/mol. The summed E-state index contributed by atoms with van der Waals surface area (Å²) in [4.78, 5) is 34.4. The number of carbonyl (C=O) groups is 2. The molecule has 28 heavy (non-hydrogen) atoms. The van der Waals surface area contributed by atoms with E-state index in [1.807, 2.05) is 6.07 Å². The van der Waals surface area contributed by atoms with Crippen LogP contribution >= 0.6 is 0 Å². The van der Waals surface area contributed by atoms with Gasteiger partial charge in [0.1, 0.15) is 6.54 Å². The Morgan fingerprint density at radius 2 is 2.00 bits per heavy atom. The second kappa shape index (κ2) is 6.36. The Morgan fingerprint density at radius 1 is 1.25 bits per heavy atom. The van der Waals surface area contributed by atoms with Crippen LogP contribution in [0.25, 0.3) is 0 Å². The fourth-order valence-corrected chi connectivity index (χ4v) is 4.30. The van der Waals surface area contributed by atoms with E-state index in [2.05, 4.69) is 27.4 Å². The topological polar surface area (TPSA) is 75.2 Å². The van der Waals surface area contributed by atoms with Gasteiger partial charge in [0, 0.05) is 17.5 Å². The van der Waals surface area contributed by atoms with Gasteiger partial charge < -0.3 is 4.90 Å². The first-order chi connectivity index (χ1) is 13.5. The molecular weight excluding hydrogens is 359 g/mol. The fourth-order valence-electron chi connectivity index (χ4n) is 4.30. The largest absolute Gasteiger partial charge is 0.328 e. The standard InChI is InChI=1S/C21H21FN4O2/c22-15-9-23-20(24-10-15)25-18(27)11-26-12-21(6-7-21)17-8-14(13-2-1-3-13)4-5-16(17)19(26)28/h4-5,8-10,13H,1-3,6-7,11-12H2,(H,23,24,25,27). The van der Waals surface area contributed by atoms with Gasteiger partial charge in [-0.3, -0.25) is 14.9 Å². The Kier molecular flexibility index (Phi) is 3.92. The van der Waals surface area contributed by atoms with Crippen molar-refractivity contribution >= 4 is 17.8 Å². The average Bonchev–Trinajstić information content (AvgIpc) is 3.40. The number of rotatable bonds is 4. The van der Waals surface area contributed by atoms with Crippen molar-refractivity contribution < 1.29 is 14.0 Å². The van der Waals surface area contributed by atoms with Crippen molar-refractivity contribution in [3.05, 3.63) is 53.1 Å². The maximum Gasteiger partial charge on any atom is 0.254 e. The molecule has 2 saturated carbocycles. The van der Waals surface area contributed by atoms with E-state index in [4.69, 9.17) is 0 Å². The van der Waals surface area contributed by atoms with E-state index < -0.39 is 5.82 Å². The zero-order chi connectivity index (χ0) is 19.3. The predicted molar refractivity (Wildman–Crippen MR) is 100 cm³/mol. The Morgan fingerprint density at radius 3 is 2.64 bits per heavy atom. The van der Waals surface area contributed by atoms with Gasteiger partial charge in [-0.1, -0.05) is 18.6 Å². The van der Waals surface area contributed by atoms with Crippen LogP contribution in [-0.2, 0) is 10.2 Å². The number of fused-ring (bicyclic) bond motifs is 2. The van der Waals surface area contributed by atoms with Gasteiger partial charge in [0.25, 0.3) is 5.91 Å². The summed E-state index contributed by atoms with van der Waals surface area (Å²) in [6.07, 6.45) is 7.82. The van der Waals surface area contributed by atoms with Gasteiger partial charge in [0.05, 0.1) is 12.4 Å². The highest BCUT2D eigenvalue weighted by Gasteiger charge is 2.51. The molecular formula is C21H21FN4O2. The smallest absolute Gasteiger partial charge is 0.254 e. The minimum absolute atomic E-state index is 0.00431. The first-order valence-electron chi connectivity index (χ1n) is 9.75. The van der Waals surface area contributed by atoms with Crippen molar-refractivity contribution in [2.24, 2.45) is 0 Å². The molecule has 0 bridgehead atoms. The summed E-state index contributed by atoms with van der Waals surface area (Å²) in [5.41, 5.74) is 3.23. The number of amides is 2. The van der Waals surface area contributed by atoms with E-state index in [0.717, 1.165) is 30.8 Å². The molecule has 1 aromatic heterocycles. The molecule has 3 aliphatic rings.